The van der Waals surface area contributed by atoms with Gasteiger partial charge in [0.05, 0.1) is 11.0 Å². The molecule has 0 unspecified atom stereocenters. The van der Waals surface area contributed by atoms with Crippen LogP contribution >= 0.6 is 11.6 Å². The summed E-state index contributed by atoms with van der Waals surface area (Å²) >= 11 is 6.00. The molecule has 0 spiro atoms. The zero-order valence-electron chi connectivity index (χ0n) is 17.6. The van der Waals surface area contributed by atoms with Crippen molar-refractivity contribution >= 4 is 28.5 Å². The minimum atomic E-state index is -0.265. The molecular weight excluding hydrogens is 400 g/mol. The van der Waals surface area contributed by atoms with E-state index in [2.05, 4.69) is 23.7 Å². The van der Waals surface area contributed by atoms with E-state index < -0.39 is 0 Å². The Bertz CT molecular complexity index is 1020. The summed E-state index contributed by atoms with van der Waals surface area (Å²) in [4.78, 5) is 32.6. The van der Waals surface area contributed by atoms with Crippen LogP contribution in [0.5, 0.6) is 0 Å². The van der Waals surface area contributed by atoms with E-state index in [1.165, 1.54) is 4.57 Å². The summed E-state index contributed by atoms with van der Waals surface area (Å²) in [7, 11) is 0. The number of carbonyl (C=O) groups excluding carboxylic acids is 1. The number of halogens is 1. The molecule has 1 aromatic heterocycles. The lowest BCUT2D eigenvalue weighted by atomic mass is 10.2. The van der Waals surface area contributed by atoms with Gasteiger partial charge in [0.1, 0.15) is 6.54 Å². The molecule has 0 saturated carbocycles. The third-order valence-electron chi connectivity index (χ3n) is 5.41. The Balaban J connectivity index is 1.76. The van der Waals surface area contributed by atoms with Crippen LogP contribution in [0.15, 0.2) is 53.3 Å². The molecule has 1 N–H and O–H groups in total. The molecule has 0 radical (unpaired) electrons. The minimum absolute atomic E-state index is 0.0156. The van der Waals surface area contributed by atoms with E-state index in [1.54, 1.807) is 0 Å². The van der Waals surface area contributed by atoms with Gasteiger partial charge < -0.3 is 14.8 Å². The van der Waals surface area contributed by atoms with Gasteiger partial charge in [-0.15, -0.1) is 0 Å². The SMILES string of the molecule is CCN(CC)CCCN(Cc1ccc(Cl)cc1)C(=O)Cn1c(=O)[nH]c2ccccc21. The Labute approximate surface area is 182 Å². The third kappa shape index (κ3) is 5.52. The van der Waals surface area contributed by atoms with Gasteiger partial charge in [0.15, 0.2) is 0 Å². The summed E-state index contributed by atoms with van der Waals surface area (Å²) in [6.45, 7) is 8.35. The van der Waals surface area contributed by atoms with Crippen molar-refractivity contribution < 1.29 is 4.79 Å². The van der Waals surface area contributed by atoms with Gasteiger partial charge in [0.2, 0.25) is 5.91 Å². The lowest BCUT2D eigenvalue weighted by Gasteiger charge is -2.25. The van der Waals surface area contributed by atoms with Gasteiger partial charge in [-0.2, -0.15) is 0 Å². The number of benzene rings is 2. The van der Waals surface area contributed by atoms with Gasteiger partial charge in [-0.1, -0.05) is 49.7 Å². The van der Waals surface area contributed by atoms with Crippen LogP contribution in [0, 0.1) is 0 Å². The smallest absolute Gasteiger partial charge is 0.326 e. The monoisotopic (exact) mass is 428 g/mol. The number of amides is 1. The largest absolute Gasteiger partial charge is 0.337 e. The minimum Gasteiger partial charge on any atom is -0.337 e. The van der Waals surface area contributed by atoms with Gasteiger partial charge >= 0.3 is 5.69 Å². The van der Waals surface area contributed by atoms with Crippen LogP contribution in [-0.4, -0.2) is 51.4 Å². The van der Waals surface area contributed by atoms with Crippen molar-refractivity contribution in [1.29, 1.82) is 0 Å². The summed E-state index contributed by atoms with van der Waals surface area (Å²) in [5, 5.41) is 0.670. The van der Waals surface area contributed by atoms with Crippen LogP contribution in [0.3, 0.4) is 0 Å². The van der Waals surface area contributed by atoms with Crippen molar-refractivity contribution in [2.24, 2.45) is 0 Å². The number of fused-ring (bicyclic) bond motifs is 1. The molecule has 6 nitrogen and oxygen atoms in total. The first-order valence-electron chi connectivity index (χ1n) is 10.4. The molecule has 0 aliphatic heterocycles. The van der Waals surface area contributed by atoms with Crippen molar-refractivity contribution in [1.82, 2.24) is 19.4 Å². The van der Waals surface area contributed by atoms with Crippen molar-refractivity contribution in [3.05, 3.63) is 69.6 Å². The normalized spacial score (nSPS) is 11.3. The third-order valence-corrected chi connectivity index (χ3v) is 5.66. The maximum absolute atomic E-state index is 13.2. The first-order chi connectivity index (χ1) is 14.5. The highest BCUT2D eigenvalue weighted by Crippen LogP contribution is 2.14. The fraction of sp³-hybridized carbons (Fsp3) is 0.391. The van der Waals surface area contributed by atoms with Crippen LogP contribution in [0.4, 0.5) is 0 Å². The number of nitrogens with one attached hydrogen (secondary N) is 1. The average Bonchev–Trinajstić information content (AvgIpc) is 3.07. The number of para-hydroxylation sites is 2. The summed E-state index contributed by atoms with van der Waals surface area (Å²) in [5.41, 5.74) is 2.23. The fourth-order valence-corrected chi connectivity index (χ4v) is 3.75. The standard InChI is InChI=1S/C23H29ClN4O2/c1-3-26(4-2)14-7-15-27(16-18-10-12-19(24)13-11-18)22(29)17-28-21-9-6-5-8-20(21)25-23(28)30/h5-6,8-13H,3-4,7,14-17H2,1-2H3,(H,25,30). The summed E-state index contributed by atoms with van der Waals surface area (Å²) < 4.78 is 1.51. The molecule has 1 heterocycles. The van der Waals surface area contributed by atoms with Crippen LogP contribution in [0.2, 0.25) is 5.02 Å². The highest BCUT2D eigenvalue weighted by atomic mass is 35.5. The number of aromatic amines is 1. The van der Waals surface area contributed by atoms with Gasteiger partial charge in [-0.25, -0.2) is 4.79 Å². The van der Waals surface area contributed by atoms with Gasteiger partial charge in [-0.05, 0) is 55.9 Å². The molecule has 0 fully saturated rings. The van der Waals surface area contributed by atoms with E-state index in [1.807, 2.05) is 53.4 Å². The highest BCUT2D eigenvalue weighted by molar-refractivity contribution is 6.30. The predicted molar refractivity (Wildman–Crippen MR) is 122 cm³/mol. The number of nitrogens with zero attached hydrogens (tertiary/aromatic N) is 3. The molecule has 3 rings (SSSR count). The molecule has 30 heavy (non-hydrogen) atoms. The Hall–Kier alpha value is -2.57. The van der Waals surface area contributed by atoms with Crippen molar-refractivity contribution in [3.8, 4) is 0 Å². The highest BCUT2D eigenvalue weighted by Gasteiger charge is 2.17. The first kappa shape index (κ1) is 22.1. The Morgan fingerprint density at radius 1 is 1.03 bits per heavy atom. The zero-order chi connectivity index (χ0) is 21.5. The lowest BCUT2D eigenvalue weighted by Crippen LogP contribution is -2.37. The predicted octanol–water partition coefficient (Wildman–Crippen LogP) is 3.74. The van der Waals surface area contributed by atoms with Crippen LogP contribution < -0.4 is 5.69 Å². The van der Waals surface area contributed by atoms with E-state index in [4.69, 9.17) is 11.6 Å². The quantitative estimate of drug-likeness (QED) is 0.535. The van der Waals surface area contributed by atoms with Crippen molar-refractivity contribution in [2.75, 3.05) is 26.2 Å². The molecule has 1 amide bonds. The topological polar surface area (TPSA) is 61.3 Å². The zero-order valence-corrected chi connectivity index (χ0v) is 18.4. The molecule has 160 valence electrons. The number of imidazole rings is 1. The molecule has 0 atom stereocenters. The van der Waals surface area contributed by atoms with E-state index >= 15 is 0 Å². The Morgan fingerprint density at radius 2 is 1.73 bits per heavy atom. The molecule has 2 aromatic carbocycles. The summed E-state index contributed by atoms with van der Waals surface area (Å²) in [5.74, 6) is -0.0728. The van der Waals surface area contributed by atoms with Crippen molar-refractivity contribution in [2.45, 2.75) is 33.4 Å². The number of rotatable bonds is 10. The van der Waals surface area contributed by atoms with E-state index in [0.717, 1.165) is 42.7 Å². The van der Waals surface area contributed by atoms with Crippen LogP contribution in [0.25, 0.3) is 11.0 Å². The van der Waals surface area contributed by atoms with Crippen molar-refractivity contribution in [3.63, 3.8) is 0 Å². The van der Waals surface area contributed by atoms with E-state index in [0.29, 0.717) is 18.1 Å². The van der Waals surface area contributed by atoms with Gasteiger partial charge in [0.25, 0.3) is 0 Å². The number of hydrogen-bond acceptors (Lipinski definition) is 3. The lowest BCUT2D eigenvalue weighted by molar-refractivity contribution is -0.132. The first-order valence-corrected chi connectivity index (χ1v) is 10.8. The van der Waals surface area contributed by atoms with Gasteiger partial charge in [0, 0.05) is 18.1 Å². The molecular formula is C23H29ClN4O2. The number of carbonyl (C=O) groups is 1. The molecule has 0 aliphatic rings. The van der Waals surface area contributed by atoms with E-state index in [9.17, 15) is 9.59 Å². The number of H-pyrrole nitrogens is 1. The van der Waals surface area contributed by atoms with Gasteiger partial charge in [-0.3, -0.25) is 9.36 Å². The van der Waals surface area contributed by atoms with Crippen LogP contribution in [0.1, 0.15) is 25.8 Å². The summed E-state index contributed by atoms with van der Waals surface area (Å²) in [6.07, 6.45) is 0.879. The number of aromatic nitrogens is 2. The van der Waals surface area contributed by atoms with Crippen LogP contribution in [-0.2, 0) is 17.9 Å². The second-order valence-corrected chi connectivity index (χ2v) is 7.79. The molecule has 0 aliphatic carbocycles. The summed E-state index contributed by atoms with van der Waals surface area (Å²) in [6, 6.07) is 15.0. The second kappa shape index (κ2) is 10.5. The Morgan fingerprint density at radius 3 is 2.43 bits per heavy atom. The maximum atomic E-state index is 13.2. The number of hydrogen-bond donors (Lipinski definition) is 1. The molecule has 7 heteroatoms. The molecule has 0 bridgehead atoms. The molecule has 0 saturated heterocycles. The fourth-order valence-electron chi connectivity index (χ4n) is 3.63. The van der Waals surface area contributed by atoms with E-state index in [-0.39, 0.29) is 18.1 Å². The average molecular weight is 429 g/mol. The molecule has 3 aromatic rings. The maximum Gasteiger partial charge on any atom is 0.326 e. The second-order valence-electron chi connectivity index (χ2n) is 7.36. The Kier molecular flexibility index (Phi) is 7.71.